The average molecular weight is 234 g/mol. The maximum Gasteiger partial charge on any atom is 0.128 e. The maximum atomic E-state index is 7.73. The zero-order valence-corrected chi connectivity index (χ0v) is 10.5. The van der Waals surface area contributed by atoms with Crippen LogP contribution >= 0.6 is 11.6 Å². The van der Waals surface area contributed by atoms with Gasteiger partial charge in [0.15, 0.2) is 0 Å². The summed E-state index contributed by atoms with van der Waals surface area (Å²) in [7, 11) is 0. The molecule has 0 saturated heterocycles. The van der Waals surface area contributed by atoms with E-state index in [1.54, 1.807) is 0 Å². The van der Waals surface area contributed by atoms with E-state index in [2.05, 4.69) is 32.1 Å². The van der Waals surface area contributed by atoms with Gasteiger partial charge in [0, 0.05) is 5.56 Å². The molecule has 0 fully saturated rings. The predicted octanol–water partition coefficient (Wildman–Crippen LogP) is 4.16. The van der Waals surface area contributed by atoms with Crippen molar-refractivity contribution in [2.45, 2.75) is 33.1 Å². The van der Waals surface area contributed by atoms with Crippen LogP contribution in [0.1, 0.15) is 42.5 Å². The van der Waals surface area contributed by atoms with Crippen LogP contribution in [0, 0.1) is 5.41 Å². The third-order valence-electron chi connectivity index (χ3n) is 2.98. The Morgan fingerprint density at radius 3 is 2.69 bits per heavy atom. The van der Waals surface area contributed by atoms with Crippen molar-refractivity contribution in [2.75, 3.05) is 0 Å². The number of hydrogen-bond donors (Lipinski definition) is 1. The second kappa shape index (κ2) is 4.42. The summed E-state index contributed by atoms with van der Waals surface area (Å²) in [5.74, 6) is 0. The Bertz CT molecular complexity index is 468. The number of hydrogen-bond acceptors (Lipinski definition) is 1. The molecule has 0 amide bonds. The Morgan fingerprint density at radius 2 is 2.06 bits per heavy atom. The van der Waals surface area contributed by atoms with Crippen LogP contribution in [-0.2, 0) is 12.8 Å². The molecule has 0 saturated carbocycles. The van der Waals surface area contributed by atoms with Gasteiger partial charge in [-0.15, -0.1) is 0 Å². The smallest absolute Gasteiger partial charge is 0.128 e. The van der Waals surface area contributed by atoms with Crippen molar-refractivity contribution in [3.8, 4) is 0 Å². The van der Waals surface area contributed by atoms with Crippen LogP contribution in [0.2, 0.25) is 0 Å². The summed E-state index contributed by atoms with van der Waals surface area (Å²) >= 11 is 5.93. The molecule has 1 nitrogen and oxygen atoms in total. The summed E-state index contributed by atoms with van der Waals surface area (Å²) in [5.41, 5.74) is 5.91. The molecule has 16 heavy (non-hydrogen) atoms. The molecule has 1 N–H and O–H groups in total. The molecule has 0 bridgehead atoms. The number of benzene rings is 1. The summed E-state index contributed by atoms with van der Waals surface area (Å²) in [6.07, 6.45) is 5.47. The fourth-order valence-electron chi connectivity index (χ4n) is 2.37. The predicted molar refractivity (Wildman–Crippen MR) is 70.5 cm³/mol. The van der Waals surface area contributed by atoms with Crippen molar-refractivity contribution >= 4 is 22.8 Å². The summed E-state index contributed by atoms with van der Waals surface area (Å²) in [6.45, 7) is 4.13. The largest absolute Gasteiger partial charge is 0.289 e. The highest BCUT2D eigenvalue weighted by Gasteiger charge is 2.18. The first-order valence-corrected chi connectivity index (χ1v) is 6.01. The molecule has 1 aliphatic carbocycles. The van der Waals surface area contributed by atoms with Gasteiger partial charge >= 0.3 is 0 Å². The van der Waals surface area contributed by atoms with Gasteiger partial charge in [0.25, 0.3) is 0 Å². The van der Waals surface area contributed by atoms with Crippen LogP contribution in [-0.4, -0.2) is 5.17 Å². The maximum absolute atomic E-state index is 7.73. The molecule has 0 aromatic heterocycles. The molecule has 1 aromatic carbocycles. The van der Waals surface area contributed by atoms with Gasteiger partial charge < -0.3 is 0 Å². The first-order chi connectivity index (χ1) is 7.59. The highest BCUT2D eigenvalue weighted by molar-refractivity contribution is 6.69. The van der Waals surface area contributed by atoms with E-state index in [1.165, 1.54) is 23.1 Å². The van der Waals surface area contributed by atoms with Gasteiger partial charge in [0.05, 0.1) is 0 Å². The van der Waals surface area contributed by atoms with E-state index in [0.717, 1.165) is 24.0 Å². The van der Waals surface area contributed by atoms with Gasteiger partial charge in [-0.3, -0.25) is 5.41 Å². The Kier molecular flexibility index (Phi) is 3.15. The van der Waals surface area contributed by atoms with Crippen molar-refractivity contribution in [2.24, 2.45) is 0 Å². The third-order valence-corrected chi connectivity index (χ3v) is 3.17. The second-order valence-corrected chi connectivity index (χ2v) is 4.93. The van der Waals surface area contributed by atoms with Crippen LogP contribution in [0.3, 0.4) is 0 Å². The SMILES string of the molecule is CC(C)=Cc1ccc2c(c1C(=N)Cl)CCC2. The lowest BCUT2D eigenvalue weighted by Gasteiger charge is -2.10. The van der Waals surface area contributed by atoms with E-state index >= 15 is 0 Å². The number of allylic oxidation sites excluding steroid dienone is 1. The van der Waals surface area contributed by atoms with Gasteiger partial charge in [-0.2, -0.15) is 0 Å². The van der Waals surface area contributed by atoms with E-state index in [1.807, 2.05) is 0 Å². The standard InChI is InChI=1S/C14H16ClN/c1-9(2)8-11-7-6-10-4-3-5-12(10)13(11)14(15)16/h6-8,16H,3-5H2,1-2H3. The molecule has 1 aromatic rings. The van der Waals surface area contributed by atoms with Crippen LogP contribution < -0.4 is 0 Å². The molecule has 2 rings (SSSR count). The number of nitrogens with one attached hydrogen (secondary N) is 1. The van der Waals surface area contributed by atoms with Gasteiger partial charge in [-0.25, -0.2) is 0 Å². The van der Waals surface area contributed by atoms with E-state index in [9.17, 15) is 0 Å². The number of halogens is 1. The highest BCUT2D eigenvalue weighted by atomic mass is 35.5. The Hall–Kier alpha value is -1.08. The zero-order chi connectivity index (χ0) is 11.7. The normalized spacial score (nSPS) is 13.4. The van der Waals surface area contributed by atoms with Crippen molar-refractivity contribution in [1.29, 1.82) is 5.41 Å². The molecule has 0 radical (unpaired) electrons. The molecule has 2 heteroatoms. The Morgan fingerprint density at radius 1 is 1.31 bits per heavy atom. The molecule has 0 aliphatic heterocycles. The molecule has 1 aliphatic rings. The average Bonchev–Trinajstić information content (AvgIpc) is 2.63. The first kappa shape index (κ1) is 11.4. The van der Waals surface area contributed by atoms with Crippen LogP contribution in [0.5, 0.6) is 0 Å². The summed E-state index contributed by atoms with van der Waals surface area (Å²) in [5, 5.41) is 7.90. The minimum Gasteiger partial charge on any atom is -0.289 e. The quantitative estimate of drug-likeness (QED) is 0.742. The fourth-order valence-corrected chi connectivity index (χ4v) is 2.60. The van der Waals surface area contributed by atoms with E-state index < -0.39 is 0 Å². The molecular formula is C14H16ClN. The third kappa shape index (κ3) is 2.05. The van der Waals surface area contributed by atoms with Gasteiger partial charge in [0.2, 0.25) is 0 Å². The van der Waals surface area contributed by atoms with E-state index in [4.69, 9.17) is 17.0 Å². The molecule has 0 unspecified atom stereocenters. The summed E-state index contributed by atoms with van der Waals surface area (Å²) in [6, 6.07) is 4.27. The number of aryl methyl sites for hydroxylation is 1. The van der Waals surface area contributed by atoms with E-state index in [-0.39, 0.29) is 5.17 Å². The van der Waals surface area contributed by atoms with Crippen molar-refractivity contribution in [1.82, 2.24) is 0 Å². The van der Waals surface area contributed by atoms with Crippen molar-refractivity contribution < 1.29 is 0 Å². The Labute approximate surface area is 102 Å². The first-order valence-electron chi connectivity index (χ1n) is 5.63. The molecule has 84 valence electrons. The molecular weight excluding hydrogens is 218 g/mol. The van der Waals surface area contributed by atoms with E-state index in [0.29, 0.717) is 0 Å². The van der Waals surface area contributed by atoms with Gasteiger partial charge in [0.1, 0.15) is 5.17 Å². The lowest BCUT2D eigenvalue weighted by molar-refractivity contribution is 0.911. The van der Waals surface area contributed by atoms with Crippen LogP contribution in [0.15, 0.2) is 17.7 Å². The summed E-state index contributed by atoms with van der Waals surface area (Å²) in [4.78, 5) is 0. The van der Waals surface area contributed by atoms with Crippen LogP contribution in [0.4, 0.5) is 0 Å². The minimum atomic E-state index is 0.172. The molecule has 0 atom stereocenters. The zero-order valence-electron chi connectivity index (χ0n) is 9.73. The number of fused-ring (bicyclic) bond motifs is 1. The number of rotatable bonds is 2. The summed E-state index contributed by atoms with van der Waals surface area (Å²) < 4.78 is 0. The van der Waals surface area contributed by atoms with Crippen molar-refractivity contribution in [3.05, 3.63) is 40.0 Å². The lowest BCUT2D eigenvalue weighted by Crippen LogP contribution is -2.01. The lowest BCUT2D eigenvalue weighted by atomic mass is 9.97. The topological polar surface area (TPSA) is 23.9 Å². The van der Waals surface area contributed by atoms with Gasteiger partial charge in [-0.05, 0) is 49.8 Å². The second-order valence-electron chi connectivity index (χ2n) is 4.56. The Balaban J connectivity index is 2.63. The fraction of sp³-hybridized carbons (Fsp3) is 0.357. The molecule has 0 spiro atoms. The highest BCUT2D eigenvalue weighted by Crippen LogP contribution is 2.30. The van der Waals surface area contributed by atoms with Gasteiger partial charge in [-0.1, -0.05) is 35.4 Å². The van der Waals surface area contributed by atoms with Crippen molar-refractivity contribution in [3.63, 3.8) is 0 Å². The van der Waals surface area contributed by atoms with Crippen LogP contribution in [0.25, 0.3) is 6.08 Å². The minimum absolute atomic E-state index is 0.172. The molecule has 0 heterocycles. The monoisotopic (exact) mass is 233 g/mol.